The molecule has 2 aromatic carbocycles. The number of anilines is 2. The lowest BCUT2D eigenvalue weighted by Crippen LogP contribution is -2.22. The van der Waals surface area contributed by atoms with Crippen LogP contribution in [0, 0.1) is 0 Å². The van der Waals surface area contributed by atoms with E-state index in [4.69, 9.17) is 11.6 Å². The molecule has 12 heteroatoms. The van der Waals surface area contributed by atoms with Crippen molar-refractivity contribution in [2.45, 2.75) is 16.3 Å². The summed E-state index contributed by atoms with van der Waals surface area (Å²) in [7, 11) is -3.02. The third-order valence-corrected chi connectivity index (χ3v) is 8.68. The maximum atomic E-state index is 13.0. The maximum Gasteiger partial charge on any atom is 0.261 e. The molecule has 0 unspecified atom stereocenters. The first-order valence-electron chi connectivity index (χ1n) is 8.95. The van der Waals surface area contributed by atoms with Crippen LogP contribution in [0.4, 0.5) is 11.4 Å². The largest absolute Gasteiger partial charge is 0.366 e. The average Bonchev–Trinajstić information content (AvgIpc) is 3.20. The summed E-state index contributed by atoms with van der Waals surface area (Å²) < 4.78 is 54.0. The minimum Gasteiger partial charge on any atom is -0.366 e. The van der Waals surface area contributed by atoms with Crippen LogP contribution in [0.25, 0.3) is 0 Å². The van der Waals surface area contributed by atoms with E-state index in [-0.39, 0.29) is 9.79 Å². The monoisotopic (exact) mass is 500 g/mol. The van der Waals surface area contributed by atoms with Gasteiger partial charge in [0.1, 0.15) is 0 Å². The van der Waals surface area contributed by atoms with Gasteiger partial charge < -0.3 is 4.90 Å². The van der Waals surface area contributed by atoms with E-state index in [1.165, 1.54) is 49.7 Å². The molecule has 0 spiro atoms. The molecule has 8 nitrogen and oxygen atoms in total. The summed E-state index contributed by atoms with van der Waals surface area (Å²) in [5, 5.41) is 0.389. The van der Waals surface area contributed by atoms with Crippen LogP contribution >= 0.6 is 22.9 Å². The molecule has 31 heavy (non-hydrogen) atoms. The Labute approximate surface area is 191 Å². The van der Waals surface area contributed by atoms with E-state index in [9.17, 15) is 16.8 Å². The molecule has 1 heterocycles. The summed E-state index contributed by atoms with van der Waals surface area (Å²) in [4.78, 5) is 6.81. The number of thiazole rings is 1. The van der Waals surface area contributed by atoms with Gasteiger partial charge in [0, 0.05) is 32.2 Å². The second-order valence-corrected chi connectivity index (χ2v) is 12.0. The summed E-state index contributed by atoms with van der Waals surface area (Å²) in [5.74, 6) is 0. The number of halogens is 1. The molecule has 0 amide bonds. The van der Waals surface area contributed by atoms with Crippen LogP contribution in [0.1, 0.15) is 4.88 Å². The average molecular weight is 501 g/mol. The van der Waals surface area contributed by atoms with E-state index >= 15 is 0 Å². The molecule has 3 rings (SSSR count). The summed E-state index contributed by atoms with van der Waals surface area (Å²) >= 11 is 7.87. The molecule has 0 fully saturated rings. The Bertz CT molecular complexity index is 1260. The molecule has 1 aromatic heterocycles. The predicted molar refractivity (Wildman–Crippen MR) is 124 cm³/mol. The van der Waals surface area contributed by atoms with Crippen molar-refractivity contribution >= 4 is 54.4 Å². The number of hydrogen-bond acceptors (Lipinski definition) is 7. The Morgan fingerprint density at radius 2 is 1.65 bits per heavy atom. The van der Waals surface area contributed by atoms with Crippen molar-refractivity contribution in [3.63, 3.8) is 0 Å². The highest BCUT2D eigenvalue weighted by atomic mass is 35.5. The van der Waals surface area contributed by atoms with Crippen LogP contribution in [0.15, 0.2) is 64.0 Å². The molecule has 0 aliphatic rings. The van der Waals surface area contributed by atoms with Gasteiger partial charge in [-0.05, 0) is 36.4 Å². The SMILES string of the molecule is CN(Cc1cncs1)c1c(Cl)cccc1NS(=O)(=O)c1ccc(S(=O)(=O)N(C)C)cc1. The molecule has 0 aliphatic heterocycles. The second-order valence-electron chi connectivity index (χ2n) is 6.82. The lowest BCUT2D eigenvalue weighted by atomic mass is 10.2. The molecular formula is C19H21ClN4O4S3. The molecule has 0 aliphatic carbocycles. The van der Waals surface area contributed by atoms with Gasteiger partial charge >= 0.3 is 0 Å². The van der Waals surface area contributed by atoms with E-state index < -0.39 is 20.0 Å². The van der Waals surface area contributed by atoms with E-state index in [1.54, 1.807) is 37.0 Å². The zero-order chi connectivity index (χ0) is 22.8. The molecule has 0 bridgehead atoms. The first-order valence-corrected chi connectivity index (χ1v) is 13.1. The van der Waals surface area contributed by atoms with Crippen LogP contribution in [0.3, 0.4) is 0 Å². The Morgan fingerprint density at radius 3 is 2.23 bits per heavy atom. The van der Waals surface area contributed by atoms with Crippen molar-refractivity contribution in [3.05, 3.63) is 64.1 Å². The zero-order valence-corrected chi connectivity index (χ0v) is 20.2. The third-order valence-electron chi connectivity index (χ3n) is 4.40. The Kier molecular flexibility index (Phi) is 6.92. The maximum absolute atomic E-state index is 13.0. The summed E-state index contributed by atoms with van der Waals surface area (Å²) in [6, 6.07) is 9.98. The minimum absolute atomic E-state index is 0.00388. The summed E-state index contributed by atoms with van der Waals surface area (Å²) in [5.41, 5.74) is 2.55. The molecule has 0 radical (unpaired) electrons. The molecule has 0 atom stereocenters. The van der Waals surface area contributed by atoms with Crippen LogP contribution in [-0.2, 0) is 26.6 Å². The molecule has 0 saturated carbocycles. The number of rotatable bonds is 8. The number of aromatic nitrogens is 1. The number of para-hydroxylation sites is 1. The number of sulfonamides is 2. The van der Waals surface area contributed by atoms with E-state index in [0.29, 0.717) is 22.9 Å². The normalized spacial score (nSPS) is 12.2. The standard InChI is InChI=1S/C19H21ClN4O4S3/c1-23(2)31(27,28)16-9-7-15(8-10-16)30(25,26)22-18-6-4-5-17(20)19(18)24(3)12-14-11-21-13-29-14/h4-11,13,22H,12H2,1-3H3. The smallest absolute Gasteiger partial charge is 0.261 e. The fourth-order valence-corrected chi connectivity index (χ4v) is 5.76. The Morgan fingerprint density at radius 1 is 1.00 bits per heavy atom. The van der Waals surface area contributed by atoms with Crippen molar-refractivity contribution in [1.29, 1.82) is 0 Å². The molecule has 1 N–H and O–H groups in total. The van der Waals surface area contributed by atoms with Gasteiger partial charge in [-0.1, -0.05) is 17.7 Å². The van der Waals surface area contributed by atoms with Crippen molar-refractivity contribution < 1.29 is 16.8 Å². The van der Waals surface area contributed by atoms with Gasteiger partial charge in [-0.3, -0.25) is 9.71 Å². The number of benzene rings is 2. The van der Waals surface area contributed by atoms with Crippen molar-refractivity contribution in [2.24, 2.45) is 0 Å². The third kappa shape index (κ3) is 5.18. The van der Waals surface area contributed by atoms with Crippen LogP contribution < -0.4 is 9.62 Å². The molecule has 166 valence electrons. The number of nitrogens with zero attached hydrogens (tertiary/aromatic N) is 3. The predicted octanol–water partition coefficient (Wildman–Crippen LogP) is 3.48. The zero-order valence-electron chi connectivity index (χ0n) is 17.0. The minimum atomic E-state index is -3.98. The lowest BCUT2D eigenvalue weighted by Gasteiger charge is -2.23. The topological polar surface area (TPSA) is 99.7 Å². The highest BCUT2D eigenvalue weighted by Crippen LogP contribution is 2.35. The van der Waals surface area contributed by atoms with Crippen LogP contribution in [0.5, 0.6) is 0 Å². The van der Waals surface area contributed by atoms with Crippen LogP contribution in [0.2, 0.25) is 5.02 Å². The van der Waals surface area contributed by atoms with Gasteiger partial charge in [0.2, 0.25) is 10.0 Å². The van der Waals surface area contributed by atoms with Crippen molar-refractivity contribution in [2.75, 3.05) is 30.8 Å². The summed E-state index contributed by atoms with van der Waals surface area (Å²) in [6.07, 6.45) is 1.74. The van der Waals surface area contributed by atoms with E-state index in [2.05, 4.69) is 9.71 Å². The Hall–Kier alpha value is -2.18. The first kappa shape index (κ1) is 23.5. The Balaban J connectivity index is 1.91. The van der Waals surface area contributed by atoms with E-state index in [0.717, 1.165) is 9.18 Å². The van der Waals surface area contributed by atoms with Crippen molar-refractivity contribution in [1.82, 2.24) is 9.29 Å². The highest BCUT2D eigenvalue weighted by Gasteiger charge is 2.22. The number of hydrogen-bond donors (Lipinski definition) is 1. The molecule has 3 aromatic rings. The fourth-order valence-electron chi connectivity index (χ4n) is 2.82. The molecule has 0 saturated heterocycles. The second kappa shape index (κ2) is 9.13. The van der Waals surface area contributed by atoms with E-state index in [1.807, 2.05) is 4.90 Å². The lowest BCUT2D eigenvalue weighted by molar-refractivity contribution is 0.520. The van der Waals surface area contributed by atoms with Gasteiger partial charge in [0.15, 0.2) is 0 Å². The quantitative estimate of drug-likeness (QED) is 0.508. The number of nitrogens with one attached hydrogen (secondary N) is 1. The van der Waals surface area contributed by atoms with Gasteiger partial charge in [-0.25, -0.2) is 21.1 Å². The van der Waals surface area contributed by atoms with Gasteiger partial charge in [-0.15, -0.1) is 11.3 Å². The van der Waals surface area contributed by atoms with Gasteiger partial charge in [0.05, 0.1) is 38.2 Å². The highest BCUT2D eigenvalue weighted by molar-refractivity contribution is 7.92. The van der Waals surface area contributed by atoms with Crippen molar-refractivity contribution in [3.8, 4) is 0 Å². The molecular weight excluding hydrogens is 480 g/mol. The summed E-state index contributed by atoms with van der Waals surface area (Å²) in [6.45, 7) is 0.500. The first-order chi connectivity index (χ1) is 14.5. The van der Waals surface area contributed by atoms with Crippen LogP contribution in [-0.4, -0.2) is 47.3 Å². The van der Waals surface area contributed by atoms with Gasteiger partial charge in [-0.2, -0.15) is 0 Å². The van der Waals surface area contributed by atoms with Gasteiger partial charge in [0.25, 0.3) is 10.0 Å². The fraction of sp³-hybridized carbons (Fsp3) is 0.211.